The van der Waals surface area contributed by atoms with E-state index >= 15 is 0 Å². The number of rotatable bonds is 3. The van der Waals surface area contributed by atoms with Crippen LogP contribution in [0.25, 0.3) is 0 Å². The molecule has 1 N–H and O–H groups in total. The number of hydrogen-bond donors (Lipinski definition) is 1. The Morgan fingerprint density at radius 2 is 1.95 bits per heavy atom. The number of nitrogens with one attached hydrogen (secondary N) is 1. The zero-order chi connectivity index (χ0) is 15.7. The molecule has 0 aromatic carbocycles. The first-order chi connectivity index (χ1) is 9.81. The van der Waals surface area contributed by atoms with Crippen molar-refractivity contribution >= 4 is 11.8 Å². The molecule has 0 saturated carbocycles. The molecule has 116 valence electrons. The van der Waals surface area contributed by atoms with Crippen LogP contribution in [0, 0.1) is 5.92 Å². The van der Waals surface area contributed by atoms with E-state index in [9.17, 15) is 9.59 Å². The quantitative estimate of drug-likeness (QED) is 0.919. The second-order valence-corrected chi connectivity index (χ2v) is 6.17. The zero-order valence-electron chi connectivity index (χ0n) is 13.4. The zero-order valence-corrected chi connectivity index (χ0v) is 13.4. The summed E-state index contributed by atoms with van der Waals surface area (Å²) in [7, 11) is 0. The van der Waals surface area contributed by atoms with Gasteiger partial charge in [0.25, 0.3) is 5.91 Å². The van der Waals surface area contributed by atoms with E-state index in [4.69, 9.17) is 0 Å². The summed E-state index contributed by atoms with van der Waals surface area (Å²) >= 11 is 0. The van der Waals surface area contributed by atoms with Gasteiger partial charge in [-0.25, -0.2) is 4.98 Å². The van der Waals surface area contributed by atoms with Gasteiger partial charge in [0.05, 0.1) is 6.04 Å². The van der Waals surface area contributed by atoms with Crippen molar-refractivity contribution in [3.63, 3.8) is 0 Å². The number of nitrogens with zero attached hydrogens (tertiary/aromatic N) is 3. The molecular formula is C15H24N4O2. The number of hydrogen-bond acceptors (Lipinski definition) is 3. The van der Waals surface area contributed by atoms with E-state index in [1.54, 1.807) is 6.20 Å². The van der Waals surface area contributed by atoms with E-state index in [0.717, 1.165) is 5.82 Å². The van der Waals surface area contributed by atoms with Gasteiger partial charge in [-0.1, -0.05) is 13.8 Å². The fourth-order valence-electron chi connectivity index (χ4n) is 2.57. The maximum atomic E-state index is 12.2. The summed E-state index contributed by atoms with van der Waals surface area (Å²) in [5.74, 6) is 0.715. The molecule has 0 radical (unpaired) electrons. The number of carbonyl (C=O) groups is 2. The van der Waals surface area contributed by atoms with E-state index in [1.165, 1.54) is 0 Å². The number of imidazole rings is 1. The average Bonchev–Trinajstić information content (AvgIpc) is 2.82. The van der Waals surface area contributed by atoms with E-state index < -0.39 is 0 Å². The predicted molar refractivity (Wildman–Crippen MR) is 79.8 cm³/mol. The van der Waals surface area contributed by atoms with Crippen molar-refractivity contribution in [3.8, 4) is 0 Å². The lowest BCUT2D eigenvalue weighted by Crippen LogP contribution is -2.42. The molecule has 0 aliphatic carbocycles. The highest BCUT2D eigenvalue weighted by Gasteiger charge is 2.31. The Labute approximate surface area is 125 Å². The third-order valence-corrected chi connectivity index (χ3v) is 3.66. The smallest absolute Gasteiger partial charge is 0.271 e. The summed E-state index contributed by atoms with van der Waals surface area (Å²) in [6, 6.07) is -0.0260. The van der Waals surface area contributed by atoms with Crippen LogP contribution in [0.4, 0.5) is 0 Å². The van der Waals surface area contributed by atoms with Crippen LogP contribution in [0.5, 0.6) is 0 Å². The summed E-state index contributed by atoms with van der Waals surface area (Å²) in [5, 5.41) is 2.84. The van der Waals surface area contributed by atoms with E-state index in [1.807, 2.05) is 44.1 Å². The van der Waals surface area contributed by atoms with Gasteiger partial charge >= 0.3 is 0 Å². The van der Waals surface area contributed by atoms with E-state index in [-0.39, 0.29) is 29.8 Å². The number of amides is 2. The van der Waals surface area contributed by atoms with Gasteiger partial charge in [-0.05, 0) is 20.8 Å². The van der Waals surface area contributed by atoms with Crippen molar-refractivity contribution in [1.29, 1.82) is 0 Å². The summed E-state index contributed by atoms with van der Waals surface area (Å²) in [6.45, 7) is 10.9. The second kappa shape index (κ2) is 5.87. The minimum Gasteiger partial charge on any atom is -0.348 e. The van der Waals surface area contributed by atoms with Crippen molar-refractivity contribution in [2.24, 2.45) is 5.92 Å². The van der Waals surface area contributed by atoms with Gasteiger partial charge in [0.2, 0.25) is 5.91 Å². The van der Waals surface area contributed by atoms with Crippen molar-refractivity contribution in [3.05, 3.63) is 17.7 Å². The van der Waals surface area contributed by atoms with Gasteiger partial charge in [-0.3, -0.25) is 9.59 Å². The third-order valence-electron chi connectivity index (χ3n) is 3.66. The van der Waals surface area contributed by atoms with Crippen LogP contribution in [0.1, 0.15) is 57.0 Å². The SMILES string of the molecule is CC(C)NC(=O)c1cn2c(n1)[C@H](C)N(C(=O)C(C)C)CC2. The molecule has 2 heterocycles. The molecular weight excluding hydrogens is 268 g/mol. The van der Waals surface area contributed by atoms with Gasteiger partial charge < -0.3 is 14.8 Å². The molecule has 1 aliphatic rings. The topological polar surface area (TPSA) is 67.2 Å². The monoisotopic (exact) mass is 292 g/mol. The van der Waals surface area contributed by atoms with Crippen LogP contribution in [-0.4, -0.2) is 38.9 Å². The molecule has 1 aromatic rings. The number of carbonyl (C=O) groups excluding carboxylic acids is 2. The van der Waals surface area contributed by atoms with E-state index in [2.05, 4.69) is 10.3 Å². The van der Waals surface area contributed by atoms with Gasteiger partial charge in [0.1, 0.15) is 11.5 Å². The summed E-state index contributed by atoms with van der Waals surface area (Å²) in [5.41, 5.74) is 0.421. The van der Waals surface area contributed by atoms with Gasteiger partial charge in [0.15, 0.2) is 0 Å². The fourth-order valence-corrected chi connectivity index (χ4v) is 2.57. The largest absolute Gasteiger partial charge is 0.348 e. The molecule has 6 heteroatoms. The predicted octanol–water partition coefficient (Wildman–Crippen LogP) is 1.58. The molecule has 21 heavy (non-hydrogen) atoms. The summed E-state index contributed by atoms with van der Waals surface area (Å²) < 4.78 is 1.98. The van der Waals surface area contributed by atoms with Crippen molar-refractivity contribution in [2.75, 3.05) is 6.54 Å². The minimum atomic E-state index is -0.166. The van der Waals surface area contributed by atoms with Crippen molar-refractivity contribution in [1.82, 2.24) is 19.8 Å². The Bertz CT molecular complexity index is 548. The van der Waals surface area contributed by atoms with Crippen LogP contribution < -0.4 is 5.32 Å². The molecule has 1 aliphatic heterocycles. The Morgan fingerprint density at radius 1 is 1.29 bits per heavy atom. The first kappa shape index (κ1) is 15.5. The standard InChI is InChI=1S/C15H24N4O2/c1-9(2)15(21)19-7-6-18-8-12(14(20)16-10(3)4)17-13(18)11(19)5/h8-11H,6-7H2,1-5H3,(H,16,20)/t11-/m0/s1. The molecule has 6 nitrogen and oxygen atoms in total. The lowest BCUT2D eigenvalue weighted by Gasteiger charge is -2.34. The average molecular weight is 292 g/mol. The number of fused-ring (bicyclic) bond motifs is 1. The molecule has 0 bridgehead atoms. The Hall–Kier alpha value is -1.85. The lowest BCUT2D eigenvalue weighted by atomic mass is 10.1. The maximum absolute atomic E-state index is 12.2. The Kier molecular flexibility index (Phi) is 4.34. The molecule has 1 atom stereocenters. The first-order valence-corrected chi connectivity index (χ1v) is 7.49. The normalized spacial score (nSPS) is 18.0. The van der Waals surface area contributed by atoms with Crippen LogP contribution in [-0.2, 0) is 11.3 Å². The van der Waals surface area contributed by atoms with Gasteiger partial charge in [-0.15, -0.1) is 0 Å². The first-order valence-electron chi connectivity index (χ1n) is 7.49. The fraction of sp³-hybridized carbons (Fsp3) is 0.667. The number of aromatic nitrogens is 2. The van der Waals surface area contributed by atoms with Crippen LogP contribution in [0.15, 0.2) is 6.20 Å². The molecule has 0 unspecified atom stereocenters. The molecule has 2 rings (SSSR count). The minimum absolute atomic E-state index is 0.0299. The molecule has 2 amide bonds. The molecule has 0 fully saturated rings. The Morgan fingerprint density at radius 3 is 2.52 bits per heavy atom. The molecule has 0 spiro atoms. The maximum Gasteiger partial charge on any atom is 0.271 e. The van der Waals surface area contributed by atoms with E-state index in [0.29, 0.717) is 18.8 Å². The van der Waals surface area contributed by atoms with Crippen molar-refractivity contribution < 1.29 is 9.59 Å². The van der Waals surface area contributed by atoms with Gasteiger partial charge in [-0.2, -0.15) is 0 Å². The Balaban J connectivity index is 2.22. The highest BCUT2D eigenvalue weighted by Crippen LogP contribution is 2.26. The summed E-state index contributed by atoms with van der Waals surface area (Å²) in [6.07, 6.45) is 1.78. The lowest BCUT2D eigenvalue weighted by molar-refractivity contribution is -0.137. The van der Waals surface area contributed by atoms with Crippen molar-refractivity contribution in [2.45, 2.75) is 53.2 Å². The van der Waals surface area contributed by atoms with Crippen LogP contribution in [0.2, 0.25) is 0 Å². The second-order valence-electron chi connectivity index (χ2n) is 6.17. The van der Waals surface area contributed by atoms with Crippen LogP contribution in [0.3, 0.4) is 0 Å². The van der Waals surface area contributed by atoms with Crippen LogP contribution >= 0.6 is 0 Å². The highest BCUT2D eigenvalue weighted by atomic mass is 16.2. The molecule has 1 aromatic heterocycles. The third kappa shape index (κ3) is 3.09. The summed E-state index contributed by atoms with van der Waals surface area (Å²) in [4.78, 5) is 30.5. The van der Waals surface area contributed by atoms with Gasteiger partial charge in [0, 0.05) is 31.2 Å². The highest BCUT2D eigenvalue weighted by molar-refractivity contribution is 5.92. The molecule has 0 saturated heterocycles.